The van der Waals surface area contributed by atoms with Gasteiger partial charge >= 0.3 is 0 Å². The normalized spacial score (nSPS) is 10.2. The van der Waals surface area contributed by atoms with Gasteiger partial charge in [0.1, 0.15) is 5.75 Å². The van der Waals surface area contributed by atoms with E-state index in [4.69, 9.17) is 16.3 Å². The maximum atomic E-state index is 5.89. The van der Waals surface area contributed by atoms with E-state index in [-0.39, 0.29) is 0 Å². The van der Waals surface area contributed by atoms with Gasteiger partial charge in [-0.2, -0.15) is 0 Å². The van der Waals surface area contributed by atoms with Gasteiger partial charge in [-0.3, -0.25) is 0 Å². The molecule has 72 valence electrons. The Morgan fingerprint density at radius 3 is 2.31 bits per heavy atom. The number of rotatable bonds is 3. The van der Waals surface area contributed by atoms with Gasteiger partial charge in [0.2, 0.25) is 0 Å². The molecule has 0 unspecified atom stereocenters. The first-order valence-electron chi connectivity index (χ1n) is 4.10. The molecule has 1 rings (SSSR count). The molecule has 1 nitrogen and oxygen atoms in total. The zero-order valence-corrected chi connectivity index (χ0v) is 10.1. The van der Waals surface area contributed by atoms with Crippen molar-refractivity contribution in [2.75, 3.05) is 11.9 Å². The van der Waals surface area contributed by atoms with E-state index < -0.39 is 0 Å². The van der Waals surface area contributed by atoms with Crippen LogP contribution in [0, 0.1) is 13.8 Å². The van der Waals surface area contributed by atoms with Crippen LogP contribution in [0.4, 0.5) is 0 Å². The lowest BCUT2D eigenvalue weighted by Crippen LogP contribution is -2.01. The average molecular weight is 264 g/mol. The molecule has 1 aromatic carbocycles. The van der Waals surface area contributed by atoms with E-state index in [2.05, 4.69) is 15.9 Å². The smallest absolute Gasteiger partial charge is 0.125 e. The summed E-state index contributed by atoms with van der Waals surface area (Å²) in [7, 11) is 0. The van der Waals surface area contributed by atoms with Crippen LogP contribution in [0.25, 0.3) is 0 Å². The summed E-state index contributed by atoms with van der Waals surface area (Å²) in [5, 5.41) is 1.61. The molecule has 1 aromatic rings. The third-order valence-electron chi connectivity index (χ3n) is 1.75. The number of hydrogen-bond donors (Lipinski definition) is 0. The lowest BCUT2D eigenvalue weighted by molar-refractivity contribution is 0.340. The van der Waals surface area contributed by atoms with E-state index >= 15 is 0 Å². The molecule has 0 aliphatic heterocycles. The van der Waals surface area contributed by atoms with E-state index in [0.29, 0.717) is 6.61 Å². The topological polar surface area (TPSA) is 9.23 Å². The number of aryl methyl sites for hydroxylation is 2. The van der Waals surface area contributed by atoms with Gasteiger partial charge < -0.3 is 4.74 Å². The Labute approximate surface area is 92.2 Å². The van der Waals surface area contributed by atoms with Crippen molar-refractivity contribution in [1.29, 1.82) is 0 Å². The second-order valence-electron chi connectivity index (χ2n) is 2.91. The van der Waals surface area contributed by atoms with E-state index in [1.165, 1.54) is 0 Å². The highest BCUT2D eigenvalue weighted by atomic mass is 79.9. The van der Waals surface area contributed by atoms with Crippen molar-refractivity contribution in [2.45, 2.75) is 13.8 Å². The first-order chi connectivity index (χ1) is 6.15. The van der Waals surface area contributed by atoms with Gasteiger partial charge in [0.05, 0.1) is 6.61 Å². The van der Waals surface area contributed by atoms with E-state index in [9.17, 15) is 0 Å². The average Bonchev–Trinajstić information content (AvgIpc) is 2.02. The lowest BCUT2D eigenvalue weighted by atomic mass is 10.1. The standard InChI is InChI=1S/C10H12BrClO/c1-7-5-9(12)6-8(2)10(7)13-4-3-11/h5-6H,3-4H2,1-2H3. The van der Waals surface area contributed by atoms with Crippen LogP contribution in [0.2, 0.25) is 5.02 Å². The molecular formula is C10H12BrClO. The molecule has 0 bridgehead atoms. The number of benzene rings is 1. The van der Waals surface area contributed by atoms with Crippen LogP contribution >= 0.6 is 27.5 Å². The summed E-state index contributed by atoms with van der Waals surface area (Å²) in [6, 6.07) is 3.83. The second-order valence-corrected chi connectivity index (χ2v) is 4.14. The number of alkyl halides is 1. The van der Waals surface area contributed by atoms with Crippen LogP contribution < -0.4 is 4.74 Å². The molecule has 0 saturated heterocycles. The Kier molecular flexibility index (Phi) is 4.07. The van der Waals surface area contributed by atoms with Gasteiger partial charge in [0, 0.05) is 10.4 Å². The van der Waals surface area contributed by atoms with Gasteiger partial charge in [-0.15, -0.1) is 0 Å². The van der Waals surface area contributed by atoms with Crippen molar-refractivity contribution in [1.82, 2.24) is 0 Å². The minimum Gasteiger partial charge on any atom is -0.492 e. The molecule has 0 aliphatic rings. The highest BCUT2D eigenvalue weighted by molar-refractivity contribution is 9.09. The predicted molar refractivity (Wildman–Crippen MR) is 60.2 cm³/mol. The fourth-order valence-electron chi connectivity index (χ4n) is 1.27. The molecule has 0 aromatic heterocycles. The monoisotopic (exact) mass is 262 g/mol. The highest BCUT2D eigenvalue weighted by Gasteiger charge is 2.04. The predicted octanol–water partition coefficient (Wildman–Crippen LogP) is 3.73. The zero-order chi connectivity index (χ0) is 9.84. The maximum Gasteiger partial charge on any atom is 0.125 e. The van der Waals surface area contributed by atoms with Crippen LogP contribution in [0.15, 0.2) is 12.1 Å². The lowest BCUT2D eigenvalue weighted by Gasteiger charge is -2.11. The number of halogens is 2. The van der Waals surface area contributed by atoms with E-state index in [1.54, 1.807) is 0 Å². The molecule has 0 radical (unpaired) electrons. The highest BCUT2D eigenvalue weighted by Crippen LogP contribution is 2.26. The van der Waals surface area contributed by atoms with Crippen LogP contribution in [0.3, 0.4) is 0 Å². The summed E-state index contributed by atoms with van der Waals surface area (Å²) in [4.78, 5) is 0. The van der Waals surface area contributed by atoms with Gasteiger partial charge in [-0.25, -0.2) is 0 Å². The molecular weight excluding hydrogens is 251 g/mol. The van der Waals surface area contributed by atoms with Crippen LogP contribution in [0.1, 0.15) is 11.1 Å². The summed E-state index contributed by atoms with van der Waals surface area (Å²) in [6.07, 6.45) is 0. The second kappa shape index (κ2) is 4.87. The van der Waals surface area contributed by atoms with Gasteiger partial charge in [-0.05, 0) is 37.1 Å². The van der Waals surface area contributed by atoms with Crippen molar-refractivity contribution < 1.29 is 4.74 Å². The summed E-state index contributed by atoms with van der Waals surface area (Å²) in [5.74, 6) is 0.948. The largest absolute Gasteiger partial charge is 0.492 e. The van der Waals surface area contributed by atoms with E-state index in [1.807, 2.05) is 26.0 Å². The first kappa shape index (κ1) is 10.9. The Morgan fingerprint density at radius 2 is 1.85 bits per heavy atom. The Balaban J connectivity index is 2.92. The van der Waals surface area contributed by atoms with Gasteiger partial charge in [0.15, 0.2) is 0 Å². The summed E-state index contributed by atoms with van der Waals surface area (Å²) in [6.45, 7) is 4.69. The summed E-state index contributed by atoms with van der Waals surface area (Å²) in [5.41, 5.74) is 2.18. The van der Waals surface area contributed by atoms with Crippen molar-refractivity contribution in [3.8, 4) is 5.75 Å². The number of ether oxygens (including phenoxy) is 1. The van der Waals surface area contributed by atoms with Crippen LogP contribution in [-0.4, -0.2) is 11.9 Å². The SMILES string of the molecule is Cc1cc(Cl)cc(C)c1OCCBr. The fraction of sp³-hybridized carbons (Fsp3) is 0.400. The fourth-order valence-corrected chi connectivity index (χ4v) is 1.75. The first-order valence-corrected chi connectivity index (χ1v) is 5.60. The molecule has 3 heteroatoms. The Hall–Kier alpha value is -0.210. The maximum absolute atomic E-state index is 5.89. The molecule has 0 spiro atoms. The quantitative estimate of drug-likeness (QED) is 0.755. The molecule has 0 aliphatic carbocycles. The molecule has 0 amide bonds. The molecule has 0 heterocycles. The minimum atomic E-state index is 0.684. The van der Waals surface area contributed by atoms with Crippen molar-refractivity contribution in [3.63, 3.8) is 0 Å². The summed E-state index contributed by atoms with van der Waals surface area (Å²) >= 11 is 9.21. The molecule has 0 fully saturated rings. The van der Waals surface area contributed by atoms with Crippen LogP contribution in [-0.2, 0) is 0 Å². The number of hydrogen-bond acceptors (Lipinski definition) is 1. The molecule has 0 N–H and O–H groups in total. The minimum absolute atomic E-state index is 0.684. The summed E-state index contributed by atoms with van der Waals surface area (Å²) < 4.78 is 5.57. The zero-order valence-electron chi connectivity index (χ0n) is 7.73. The third-order valence-corrected chi connectivity index (χ3v) is 2.29. The van der Waals surface area contributed by atoms with Crippen molar-refractivity contribution in [3.05, 3.63) is 28.3 Å². The van der Waals surface area contributed by atoms with Crippen molar-refractivity contribution >= 4 is 27.5 Å². The Morgan fingerprint density at radius 1 is 1.31 bits per heavy atom. The molecule has 0 saturated carbocycles. The Bertz CT molecular complexity index is 276. The van der Waals surface area contributed by atoms with Crippen LogP contribution in [0.5, 0.6) is 5.75 Å². The van der Waals surface area contributed by atoms with Crippen molar-refractivity contribution in [2.24, 2.45) is 0 Å². The molecule has 0 atom stereocenters. The van der Waals surface area contributed by atoms with Gasteiger partial charge in [0.25, 0.3) is 0 Å². The van der Waals surface area contributed by atoms with E-state index in [0.717, 1.165) is 27.2 Å². The molecule has 13 heavy (non-hydrogen) atoms. The third kappa shape index (κ3) is 2.89. The van der Waals surface area contributed by atoms with Gasteiger partial charge in [-0.1, -0.05) is 27.5 Å².